The summed E-state index contributed by atoms with van der Waals surface area (Å²) in [4.78, 5) is 0. The van der Waals surface area contributed by atoms with E-state index >= 15 is 0 Å². The zero-order chi connectivity index (χ0) is 8.93. The summed E-state index contributed by atoms with van der Waals surface area (Å²) in [6.45, 7) is 0. The first kappa shape index (κ1) is 9.01. The first-order chi connectivity index (χ1) is 6.47. The summed E-state index contributed by atoms with van der Waals surface area (Å²) < 4.78 is 5.56. The van der Waals surface area contributed by atoms with Crippen LogP contribution in [-0.4, -0.2) is 12.2 Å². The van der Waals surface area contributed by atoms with E-state index < -0.39 is 0 Å². The van der Waals surface area contributed by atoms with Crippen LogP contribution < -0.4 is 0 Å². The highest BCUT2D eigenvalue weighted by molar-refractivity contribution is 4.94. The van der Waals surface area contributed by atoms with Gasteiger partial charge in [0.15, 0.2) is 0 Å². The second-order valence-electron chi connectivity index (χ2n) is 3.89. The highest BCUT2D eigenvalue weighted by Crippen LogP contribution is 2.30. The molecule has 13 heavy (non-hydrogen) atoms. The molecule has 1 saturated heterocycles. The van der Waals surface area contributed by atoms with Gasteiger partial charge in [-0.15, -0.1) is 0 Å². The Hall–Kier alpha value is -0.560. The number of rotatable bonds is 0. The molecule has 1 heteroatoms. The Labute approximate surface area is 80.5 Å². The Morgan fingerprint density at radius 1 is 0.692 bits per heavy atom. The third kappa shape index (κ3) is 3.00. The van der Waals surface area contributed by atoms with Crippen molar-refractivity contribution in [3.05, 3.63) is 24.3 Å². The van der Waals surface area contributed by atoms with Gasteiger partial charge in [-0.05, 0) is 38.5 Å². The van der Waals surface area contributed by atoms with E-state index in [1.165, 1.54) is 38.5 Å². The predicted octanol–water partition coefficient (Wildman–Crippen LogP) is 3.22. The molecule has 0 spiro atoms. The van der Waals surface area contributed by atoms with Gasteiger partial charge < -0.3 is 4.74 Å². The number of allylic oxidation sites excluding steroid dienone is 4. The van der Waals surface area contributed by atoms with Crippen LogP contribution in [0.4, 0.5) is 0 Å². The summed E-state index contributed by atoms with van der Waals surface area (Å²) in [5, 5.41) is 0. The van der Waals surface area contributed by atoms with E-state index in [-0.39, 0.29) is 0 Å². The molecule has 0 unspecified atom stereocenters. The number of ether oxygens (including phenoxy) is 1. The lowest BCUT2D eigenvalue weighted by atomic mass is 10.1. The van der Waals surface area contributed by atoms with E-state index in [4.69, 9.17) is 4.74 Å². The van der Waals surface area contributed by atoms with Gasteiger partial charge in [-0.2, -0.15) is 0 Å². The van der Waals surface area contributed by atoms with Gasteiger partial charge in [-0.3, -0.25) is 0 Å². The third-order valence-electron chi connectivity index (χ3n) is 2.76. The Morgan fingerprint density at radius 3 is 1.69 bits per heavy atom. The Balaban J connectivity index is 1.80. The van der Waals surface area contributed by atoms with Crippen LogP contribution in [0.5, 0.6) is 0 Å². The van der Waals surface area contributed by atoms with Gasteiger partial charge in [0.2, 0.25) is 0 Å². The monoisotopic (exact) mass is 178 g/mol. The Morgan fingerprint density at radius 2 is 1.15 bits per heavy atom. The summed E-state index contributed by atoms with van der Waals surface area (Å²) in [6.07, 6.45) is 17.6. The Bertz CT molecular complexity index is 183. The quantitative estimate of drug-likeness (QED) is 0.410. The molecule has 0 amide bonds. The van der Waals surface area contributed by atoms with Gasteiger partial charge in [0, 0.05) is 0 Å². The molecule has 0 N–H and O–H groups in total. The van der Waals surface area contributed by atoms with Crippen molar-refractivity contribution in [2.75, 3.05) is 0 Å². The summed E-state index contributed by atoms with van der Waals surface area (Å²) >= 11 is 0. The van der Waals surface area contributed by atoms with E-state index in [9.17, 15) is 0 Å². The minimum absolute atomic E-state index is 0.581. The van der Waals surface area contributed by atoms with Crippen LogP contribution in [0.2, 0.25) is 0 Å². The van der Waals surface area contributed by atoms with Crippen molar-refractivity contribution in [3.63, 3.8) is 0 Å². The molecule has 2 atom stereocenters. The Kier molecular flexibility index (Phi) is 3.20. The fraction of sp³-hybridized carbons (Fsp3) is 0.667. The maximum Gasteiger partial charge on any atom is 0.0845 e. The minimum atomic E-state index is 0.581. The molecule has 2 aliphatic rings. The van der Waals surface area contributed by atoms with Crippen molar-refractivity contribution in [1.29, 1.82) is 0 Å². The van der Waals surface area contributed by atoms with Crippen LogP contribution in [0.15, 0.2) is 24.3 Å². The van der Waals surface area contributed by atoms with Crippen molar-refractivity contribution in [2.45, 2.75) is 50.7 Å². The van der Waals surface area contributed by atoms with Gasteiger partial charge in [0.05, 0.1) is 12.2 Å². The molecule has 0 saturated carbocycles. The molecule has 0 radical (unpaired) electrons. The molecule has 2 rings (SSSR count). The van der Waals surface area contributed by atoms with Crippen molar-refractivity contribution < 1.29 is 4.74 Å². The highest BCUT2D eigenvalue weighted by atomic mass is 16.6. The second-order valence-corrected chi connectivity index (χ2v) is 3.89. The molecular formula is C12H18O. The van der Waals surface area contributed by atoms with Crippen molar-refractivity contribution >= 4 is 0 Å². The van der Waals surface area contributed by atoms with Crippen molar-refractivity contribution in [2.24, 2.45) is 0 Å². The molecule has 1 nitrogen and oxygen atoms in total. The maximum absolute atomic E-state index is 5.56. The van der Waals surface area contributed by atoms with E-state index in [0.29, 0.717) is 12.2 Å². The van der Waals surface area contributed by atoms with Crippen molar-refractivity contribution in [1.82, 2.24) is 0 Å². The number of epoxide rings is 1. The molecule has 0 aromatic carbocycles. The highest BCUT2D eigenvalue weighted by Gasteiger charge is 2.36. The van der Waals surface area contributed by atoms with Crippen LogP contribution in [0.25, 0.3) is 0 Å². The molecule has 1 fully saturated rings. The molecule has 72 valence electrons. The lowest BCUT2D eigenvalue weighted by Crippen LogP contribution is -1.93. The lowest BCUT2D eigenvalue weighted by molar-refractivity contribution is 0.357. The first-order valence-corrected chi connectivity index (χ1v) is 5.42. The zero-order valence-electron chi connectivity index (χ0n) is 8.11. The topological polar surface area (TPSA) is 12.5 Å². The van der Waals surface area contributed by atoms with Crippen molar-refractivity contribution in [3.8, 4) is 0 Å². The van der Waals surface area contributed by atoms with E-state index in [1.807, 2.05) is 0 Å². The van der Waals surface area contributed by atoms with Crippen LogP contribution >= 0.6 is 0 Å². The summed E-state index contributed by atoms with van der Waals surface area (Å²) in [5.74, 6) is 0. The summed E-state index contributed by atoms with van der Waals surface area (Å²) in [7, 11) is 0. The predicted molar refractivity (Wildman–Crippen MR) is 54.6 cm³/mol. The molecule has 0 aromatic rings. The first-order valence-electron chi connectivity index (χ1n) is 5.42. The maximum atomic E-state index is 5.56. The average molecular weight is 178 g/mol. The van der Waals surface area contributed by atoms with E-state index in [0.717, 1.165) is 0 Å². The second kappa shape index (κ2) is 4.61. The molecule has 0 aromatic heterocycles. The number of fused-ring (bicyclic) bond motifs is 1. The molecule has 1 heterocycles. The smallest absolute Gasteiger partial charge is 0.0845 e. The standard InChI is InChI=1S/C12H18O/c1-2-4-6-8-10-12-11(13-12)9-7-5-3-1/h3-6,11-12H,1-2,7-10H2/b5-3+,6-4+/t11-,12+. The molecule has 0 bridgehead atoms. The average Bonchev–Trinajstić information content (AvgIpc) is 2.83. The molecule has 1 aliphatic heterocycles. The van der Waals surface area contributed by atoms with E-state index in [2.05, 4.69) is 24.3 Å². The summed E-state index contributed by atoms with van der Waals surface area (Å²) in [6, 6.07) is 0. The zero-order valence-corrected chi connectivity index (χ0v) is 8.11. The van der Waals surface area contributed by atoms with Crippen LogP contribution in [0, 0.1) is 0 Å². The van der Waals surface area contributed by atoms with Gasteiger partial charge in [-0.1, -0.05) is 24.3 Å². The lowest BCUT2D eigenvalue weighted by Gasteiger charge is -1.94. The van der Waals surface area contributed by atoms with Gasteiger partial charge >= 0.3 is 0 Å². The molecule has 1 aliphatic carbocycles. The largest absolute Gasteiger partial charge is 0.370 e. The van der Waals surface area contributed by atoms with Crippen LogP contribution in [0.1, 0.15) is 38.5 Å². The van der Waals surface area contributed by atoms with Gasteiger partial charge in [0.25, 0.3) is 0 Å². The third-order valence-corrected chi connectivity index (χ3v) is 2.76. The van der Waals surface area contributed by atoms with Gasteiger partial charge in [-0.25, -0.2) is 0 Å². The van der Waals surface area contributed by atoms with Gasteiger partial charge in [0.1, 0.15) is 0 Å². The van der Waals surface area contributed by atoms with Crippen LogP contribution in [0.3, 0.4) is 0 Å². The fourth-order valence-electron chi connectivity index (χ4n) is 1.87. The number of hydrogen-bond acceptors (Lipinski definition) is 1. The summed E-state index contributed by atoms with van der Waals surface area (Å²) in [5.41, 5.74) is 0. The SMILES string of the molecule is C1=C/CC[C@@H]2O[C@@H]2CC/C=C/CC/1. The molecular weight excluding hydrogens is 160 g/mol. The number of hydrogen-bond donors (Lipinski definition) is 0. The fourth-order valence-corrected chi connectivity index (χ4v) is 1.87. The van der Waals surface area contributed by atoms with E-state index in [1.54, 1.807) is 0 Å². The van der Waals surface area contributed by atoms with Crippen LogP contribution in [-0.2, 0) is 4.74 Å². The minimum Gasteiger partial charge on any atom is -0.370 e. The normalized spacial score (nSPS) is 39.4.